The maximum absolute atomic E-state index is 6.24. The molecule has 72 valence electrons. The highest BCUT2D eigenvalue weighted by molar-refractivity contribution is 6.36. The smallest absolute Gasteiger partial charge is 0.0722 e. The molecule has 2 rings (SSSR count). The molecule has 1 aromatic carbocycles. The fraction of sp³-hybridized carbons (Fsp3) is 0.250. The molecule has 1 aromatic heterocycles. The van der Waals surface area contributed by atoms with Gasteiger partial charge in [-0.3, -0.25) is 4.98 Å². The molecule has 0 bridgehead atoms. The average Bonchev–Trinajstić information content (AvgIpc) is 2.14. The van der Waals surface area contributed by atoms with Crippen molar-refractivity contribution in [3.05, 3.63) is 40.0 Å². The van der Waals surface area contributed by atoms with Crippen molar-refractivity contribution in [2.24, 2.45) is 0 Å². The Labute approximate surface area is 88.7 Å². The van der Waals surface area contributed by atoms with Gasteiger partial charge in [-0.2, -0.15) is 0 Å². The van der Waals surface area contributed by atoms with Gasteiger partial charge in [0.2, 0.25) is 0 Å². The Kier molecular flexibility index (Phi) is 2.20. The van der Waals surface area contributed by atoms with Crippen LogP contribution in [0.25, 0.3) is 10.9 Å². The molecule has 0 fully saturated rings. The predicted molar refractivity (Wildman–Crippen MR) is 61.0 cm³/mol. The monoisotopic (exact) mass is 205 g/mol. The summed E-state index contributed by atoms with van der Waals surface area (Å²) in [7, 11) is 0. The van der Waals surface area contributed by atoms with Gasteiger partial charge < -0.3 is 0 Å². The molecule has 1 heterocycles. The Morgan fingerprint density at radius 1 is 1.14 bits per heavy atom. The third kappa shape index (κ3) is 1.38. The van der Waals surface area contributed by atoms with Gasteiger partial charge in [-0.15, -0.1) is 0 Å². The number of hydrogen-bond donors (Lipinski definition) is 0. The summed E-state index contributed by atoms with van der Waals surface area (Å²) >= 11 is 6.24. The molecular formula is C12H12ClN. The minimum Gasteiger partial charge on any atom is -0.253 e. The first-order valence-corrected chi connectivity index (χ1v) is 5.00. The van der Waals surface area contributed by atoms with Crippen LogP contribution < -0.4 is 0 Å². The van der Waals surface area contributed by atoms with Gasteiger partial charge in [-0.05, 0) is 50.1 Å². The lowest BCUT2D eigenvalue weighted by molar-refractivity contribution is 1.24. The van der Waals surface area contributed by atoms with Gasteiger partial charge >= 0.3 is 0 Å². The number of fused-ring (bicyclic) bond motifs is 1. The Morgan fingerprint density at radius 3 is 2.57 bits per heavy atom. The Morgan fingerprint density at radius 2 is 1.86 bits per heavy atom. The highest BCUT2D eigenvalue weighted by Crippen LogP contribution is 2.28. The summed E-state index contributed by atoms with van der Waals surface area (Å²) < 4.78 is 0. The quantitative estimate of drug-likeness (QED) is 0.637. The van der Waals surface area contributed by atoms with Crippen LogP contribution in [0.3, 0.4) is 0 Å². The standard InChI is InChI=1S/C12H12ClN/c1-7-6-11-10(12(13)9(7)3)5-4-8(2)14-11/h4-6H,1-3H3. The van der Waals surface area contributed by atoms with Crippen molar-refractivity contribution in [2.45, 2.75) is 20.8 Å². The minimum absolute atomic E-state index is 0.826. The molecule has 0 spiro atoms. The van der Waals surface area contributed by atoms with Crippen molar-refractivity contribution in [1.82, 2.24) is 4.98 Å². The van der Waals surface area contributed by atoms with E-state index in [2.05, 4.69) is 18.0 Å². The van der Waals surface area contributed by atoms with E-state index in [-0.39, 0.29) is 0 Å². The van der Waals surface area contributed by atoms with Crippen molar-refractivity contribution < 1.29 is 0 Å². The molecule has 2 heteroatoms. The summed E-state index contributed by atoms with van der Waals surface area (Å²) in [6, 6.07) is 6.11. The molecule has 1 nitrogen and oxygen atoms in total. The highest BCUT2D eigenvalue weighted by atomic mass is 35.5. The zero-order valence-electron chi connectivity index (χ0n) is 8.56. The highest BCUT2D eigenvalue weighted by Gasteiger charge is 2.06. The van der Waals surface area contributed by atoms with E-state index in [1.165, 1.54) is 5.56 Å². The van der Waals surface area contributed by atoms with Crippen LogP contribution >= 0.6 is 11.6 Å². The molecule has 0 saturated heterocycles. The number of aromatic nitrogens is 1. The van der Waals surface area contributed by atoms with Crippen molar-refractivity contribution in [2.75, 3.05) is 0 Å². The first-order valence-electron chi connectivity index (χ1n) is 4.62. The van der Waals surface area contributed by atoms with E-state index >= 15 is 0 Å². The molecule has 0 aliphatic carbocycles. The van der Waals surface area contributed by atoms with E-state index in [9.17, 15) is 0 Å². The lowest BCUT2D eigenvalue weighted by Crippen LogP contribution is -1.89. The Balaban J connectivity index is 2.91. The Hall–Kier alpha value is -1.08. The van der Waals surface area contributed by atoms with Gasteiger partial charge in [-0.25, -0.2) is 0 Å². The van der Waals surface area contributed by atoms with Crippen LogP contribution in [-0.4, -0.2) is 4.98 Å². The maximum Gasteiger partial charge on any atom is 0.0722 e. The number of nitrogens with zero attached hydrogens (tertiary/aromatic N) is 1. The summed E-state index contributed by atoms with van der Waals surface area (Å²) in [5.74, 6) is 0. The molecule has 0 aliphatic rings. The number of aryl methyl sites for hydroxylation is 2. The third-order valence-electron chi connectivity index (χ3n) is 2.57. The van der Waals surface area contributed by atoms with Crippen molar-refractivity contribution >= 4 is 22.5 Å². The summed E-state index contributed by atoms with van der Waals surface area (Å²) in [5, 5.41) is 1.87. The number of pyridine rings is 1. The summed E-state index contributed by atoms with van der Waals surface area (Å²) in [4.78, 5) is 4.45. The zero-order valence-corrected chi connectivity index (χ0v) is 9.31. The summed E-state index contributed by atoms with van der Waals surface area (Å²) in [6.45, 7) is 6.09. The van der Waals surface area contributed by atoms with Crippen LogP contribution in [0.5, 0.6) is 0 Å². The molecule has 0 unspecified atom stereocenters. The zero-order chi connectivity index (χ0) is 10.3. The van der Waals surface area contributed by atoms with Gasteiger partial charge in [0.25, 0.3) is 0 Å². The molecule has 2 aromatic rings. The van der Waals surface area contributed by atoms with Crippen molar-refractivity contribution in [3.63, 3.8) is 0 Å². The van der Waals surface area contributed by atoms with Gasteiger partial charge in [-0.1, -0.05) is 11.6 Å². The number of halogens is 1. The van der Waals surface area contributed by atoms with E-state index in [4.69, 9.17) is 11.6 Å². The second-order valence-electron chi connectivity index (χ2n) is 3.65. The van der Waals surface area contributed by atoms with Gasteiger partial charge in [0.05, 0.1) is 10.5 Å². The molecule has 0 saturated carbocycles. The van der Waals surface area contributed by atoms with Crippen LogP contribution in [-0.2, 0) is 0 Å². The molecule has 0 aliphatic heterocycles. The van der Waals surface area contributed by atoms with E-state index in [0.29, 0.717) is 0 Å². The molecule has 0 atom stereocenters. The van der Waals surface area contributed by atoms with Crippen LogP contribution in [0.4, 0.5) is 0 Å². The first-order chi connectivity index (χ1) is 6.59. The third-order valence-corrected chi connectivity index (χ3v) is 3.06. The van der Waals surface area contributed by atoms with Crippen molar-refractivity contribution in [1.29, 1.82) is 0 Å². The van der Waals surface area contributed by atoms with Crippen LogP contribution in [0.2, 0.25) is 5.02 Å². The molecular weight excluding hydrogens is 194 g/mol. The normalized spacial score (nSPS) is 10.9. The number of rotatable bonds is 0. The molecule has 0 radical (unpaired) electrons. The maximum atomic E-state index is 6.24. The van der Waals surface area contributed by atoms with Crippen molar-refractivity contribution in [3.8, 4) is 0 Å². The van der Waals surface area contributed by atoms with E-state index in [1.807, 2.05) is 26.0 Å². The number of hydrogen-bond acceptors (Lipinski definition) is 1. The van der Waals surface area contributed by atoms with Gasteiger partial charge in [0.15, 0.2) is 0 Å². The second kappa shape index (κ2) is 3.25. The molecule has 0 amide bonds. The van der Waals surface area contributed by atoms with Gasteiger partial charge in [0, 0.05) is 11.1 Å². The van der Waals surface area contributed by atoms with E-state index in [1.54, 1.807) is 0 Å². The molecule has 14 heavy (non-hydrogen) atoms. The SMILES string of the molecule is Cc1ccc2c(Cl)c(C)c(C)cc2n1. The largest absolute Gasteiger partial charge is 0.253 e. The van der Waals surface area contributed by atoms with E-state index in [0.717, 1.165) is 27.2 Å². The van der Waals surface area contributed by atoms with Crippen LogP contribution in [0.15, 0.2) is 18.2 Å². The van der Waals surface area contributed by atoms with E-state index < -0.39 is 0 Å². The average molecular weight is 206 g/mol. The van der Waals surface area contributed by atoms with Gasteiger partial charge in [0.1, 0.15) is 0 Å². The lowest BCUT2D eigenvalue weighted by Gasteiger charge is -2.07. The fourth-order valence-electron chi connectivity index (χ4n) is 1.56. The first kappa shape index (κ1) is 9.47. The lowest BCUT2D eigenvalue weighted by atomic mass is 10.1. The summed E-state index contributed by atoms with van der Waals surface area (Å²) in [5.41, 5.74) is 4.35. The number of benzene rings is 1. The second-order valence-corrected chi connectivity index (χ2v) is 4.03. The van der Waals surface area contributed by atoms with Crippen LogP contribution in [0.1, 0.15) is 16.8 Å². The minimum atomic E-state index is 0.826. The molecule has 0 N–H and O–H groups in total. The topological polar surface area (TPSA) is 12.9 Å². The summed E-state index contributed by atoms with van der Waals surface area (Å²) in [6.07, 6.45) is 0. The van der Waals surface area contributed by atoms with Crippen LogP contribution in [0, 0.1) is 20.8 Å². The predicted octanol–water partition coefficient (Wildman–Crippen LogP) is 3.81. The fourth-order valence-corrected chi connectivity index (χ4v) is 1.87. The Bertz CT molecular complexity index is 503.